The summed E-state index contributed by atoms with van der Waals surface area (Å²) in [6.07, 6.45) is 0.811. The lowest BCUT2D eigenvalue weighted by Crippen LogP contribution is -2.17. The molecular weight excluding hydrogens is 226 g/mol. The van der Waals surface area contributed by atoms with E-state index in [4.69, 9.17) is 26.8 Å². The molecule has 3 nitrogen and oxygen atoms in total. The van der Waals surface area contributed by atoms with Gasteiger partial charge in [0, 0.05) is 12.6 Å². The van der Waals surface area contributed by atoms with Crippen molar-refractivity contribution in [1.82, 2.24) is 0 Å². The third-order valence-corrected chi connectivity index (χ3v) is 2.35. The molecule has 0 aromatic heterocycles. The molecule has 1 atom stereocenters. The average Bonchev–Trinajstić information content (AvgIpc) is 2.20. The molecule has 1 unspecified atom stereocenters. The molecule has 1 rings (SSSR count). The summed E-state index contributed by atoms with van der Waals surface area (Å²) in [5.41, 5.74) is 6.83. The Balaban J connectivity index is 2.60. The minimum atomic E-state index is 0.131. The lowest BCUT2D eigenvalue weighted by Gasteiger charge is -2.10. The van der Waals surface area contributed by atoms with Gasteiger partial charge in [0.25, 0.3) is 0 Å². The summed E-state index contributed by atoms with van der Waals surface area (Å²) in [5.74, 6) is 0.642. The van der Waals surface area contributed by atoms with Crippen molar-refractivity contribution in [3.8, 4) is 5.75 Å². The van der Waals surface area contributed by atoms with Crippen molar-refractivity contribution in [3.63, 3.8) is 0 Å². The van der Waals surface area contributed by atoms with E-state index >= 15 is 0 Å². The maximum atomic E-state index is 6.07. The van der Waals surface area contributed by atoms with E-state index in [0.717, 1.165) is 12.0 Å². The third kappa shape index (κ3) is 4.39. The summed E-state index contributed by atoms with van der Waals surface area (Å²) in [5, 5.41) is 0.595. The van der Waals surface area contributed by atoms with Crippen LogP contribution in [0.3, 0.4) is 0 Å². The first-order chi connectivity index (χ1) is 7.63. The molecule has 2 N–H and O–H groups in total. The quantitative estimate of drug-likeness (QED) is 0.617. The number of halogens is 1. The Hall–Kier alpha value is -0.770. The monoisotopic (exact) mass is 243 g/mol. The van der Waals surface area contributed by atoms with Crippen LogP contribution < -0.4 is 10.5 Å². The summed E-state index contributed by atoms with van der Waals surface area (Å²) < 4.78 is 10.4. The zero-order chi connectivity index (χ0) is 12.0. The summed E-state index contributed by atoms with van der Waals surface area (Å²) >= 11 is 6.07. The number of hydrogen-bond donors (Lipinski definition) is 1. The Morgan fingerprint density at radius 2 is 2.19 bits per heavy atom. The smallest absolute Gasteiger partial charge is 0.189 e. The van der Waals surface area contributed by atoms with Crippen LogP contribution in [0.1, 0.15) is 19.4 Å². The van der Waals surface area contributed by atoms with E-state index < -0.39 is 0 Å². The van der Waals surface area contributed by atoms with Crippen LogP contribution in [-0.2, 0) is 11.2 Å². The molecule has 0 saturated carbocycles. The second-order valence-electron chi connectivity index (χ2n) is 3.70. The van der Waals surface area contributed by atoms with Crippen molar-refractivity contribution < 1.29 is 9.47 Å². The van der Waals surface area contributed by atoms with Gasteiger partial charge >= 0.3 is 0 Å². The molecular formula is C12H18ClNO2. The molecule has 0 aliphatic rings. The van der Waals surface area contributed by atoms with Gasteiger partial charge < -0.3 is 15.2 Å². The van der Waals surface area contributed by atoms with E-state index in [1.807, 2.05) is 32.0 Å². The van der Waals surface area contributed by atoms with Gasteiger partial charge in [-0.25, -0.2) is 0 Å². The maximum absolute atomic E-state index is 6.07. The van der Waals surface area contributed by atoms with Crippen molar-refractivity contribution in [3.05, 3.63) is 28.8 Å². The summed E-state index contributed by atoms with van der Waals surface area (Å²) in [6.45, 7) is 4.73. The Bertz CT molecular complexity index is 329. The largest absolute Gasteiger partial charge is 0.466 e. The van der Waals surface area contributed by atoms with Crippen molar-refractivity contribution in [2.24, 2.45) is 5.73 Å². The van der Waals surface area contributed by atoms with Crippen LogP contribution in [0.25, 0.3) is 0 Å². The van der Waals surface area contributed by atoms with E-state index in [9.17, 15) is 0 Å². The minimum absolute atomic E-state index is 0.131. The fourth-order valence-electron chi connectivity index (χ4n) is 1.35. The van der Waals surface area contributed by atoms with Crippen molar-refractivity contribution in [2.75, 3.05) is 13.4 Å². The zero-order valence-electron chi connectivity index (χ0n) is 9.70. The molecule has 0 saturated heterocycles. The second-order valence-corrected chi connectivity index (χ2v) is 4.11. The van der Waals surface area contributed by atoms with Gasteiger partial charge in [0.1, 0.15) is 5.75 Å². The van der Waals surface area contributed by atoms with Crippen LogP contribution in [-0.4, -0.2) is 19.4 Å². The van der Waals surface area contributed by atoms with Gasteiger partial charge in [-0.15, -0.1) is 0 Å². The highest BCUT2D eigenvalue weighted by atomic mass is 35.5. The van der Waals surface area contributed by atoms with Gasteiger partial charge in [-0.05, 0) is 38.0 Å². The highest BCUT2D eigenvalue weighted by Crippen LogP contribution is 2.25. The Labute approximate surface area is 101 Å². The van der Waals surface area contributed by atoms with Gasteiger partial charge in [-0.1, -0.05) is 17.7 Å². The highest BCUT2D eigenvalue weighted by Gasteiger charge is 2.04. The molecule has 1 aromatic rings. The molecule has 90 valence electrons. The molecule has 0 amide bonds. The van der Waals surface area contributed by atoms with Gasteiger partial charge in [-0.2, -0.15) is 0 Å². The third-order valence-electron chi connectivity index (χ3n) is 2.06. The van der Waals surface area contributed by atoms with Crippen LogP contribution in [0.5, 0.6) is 5.75 Å². The van der Waals surface area contributed by atoms with Crippen molar-refractivity contribution in [2.45, 2.75) is 26.3 Å². The number of benzene rings is 1. The topological polar surface area (TPSA) is 44.5 Å². The Kier molecular flexibility index (Phi) is 5.60. The van der Waals surface area contributed by atoms with Crippen LogP contribution in [0, 0.1) is 0 Å². The van der Waals surface area contributed by atoms with Gasteiger partial charge in [-0.3, -0.25) is 0 Å². The predicted octanol–water partition coefficient (Wildman–Crippen LogP) is 2.60. The molecule has 0 aliphatic carbocycles. The Morgan fingerprint density at radius 1 is 1.44 bits per heavy atom. The van der Waals surface area contributed by atoms with Crippen LogP contribution in [0.15, 0.2) is 18.2 Å². The molecule has 4 heteroatoms. The van der Waals surface area contributed by atoms with Crippen molar-refractivity contribution in [1.29, 1.82) is 0 Å². The normalized spacial score (nSPS) is 12.5. The number of nitrogens with two attached hydrogens (primary N) is 1. The minimum Gasteiger partial charge on any atom is -0.466 e. The molecule has 16 heavy (non-hydrogen) atoms. The average molecular weight is 244 g/mol. The predicted molar refractivity (Wildman–Crippen MR) is 65.9 cm³/mol. The lowest BCUT2D eigenvalue weighted by atomic mass is 10.1. The molecule has 1 aromatic carbocycles. The summed E-state index contributed by atoms with van der Waals surface area (Å²) in [6, 6.07) is 5.83. The molecule has 0 spiro atoms. The maximum Gasteiger partial charge on any atom is 0.189 e. The first-order valence-corrected chi connectivity index (χ1v) is 5.75. The fraction of sp³-hybridized carbons (Fsp3) is 0.500. The molecule has 0 fully saturated rings. The molecule has 0 aliphatic heterocycles. The molecule has 0 bridgehead atoms. The first kappa shape index (κ1) is 13.3. The lowest BCUT2D eigenvalue weighted by molar-refractivity contribution is 0.0224. The highest BCUT2D eigenvalue weighted by molar-refractivity contribution is 6.32. The Morgan fingerprint density at radius 3 is 2.75 bits per heavy atom. The first-order valence-electron chi connectivity index (χ1n) is 5.38. The van der Waals surface area contributed by atoms with Gasteiger partial charge in [0.05, 0.1) is 5.02 Å². The number of hydrogen-bond acceptors (Lipinski definition) is 3. The SMILES string of the molecule is CCOCOc1ccc(CC(C)N)cc1Cl. The van der Waals surface area contributed by atoms with Gasteiger partial charge in [0.15, 0.2) is 6.79 Å². The van der Waals surface area contributed by atoms with Crippen LogP contribution in [0.2, 0.25) is 5.02 Å². The van der Waals surface area contributed by atoms with Crippen molar-refractivity contribution >= 4 is 11.6 Å². The van der Waals surface area contributed by atoms with E-state index in [1.165, 1.54) is 0 Å². The number of rotatable bonds is 6. The number of ether oxygens (including phenoxy) is 2. The van der Waals surface area contributed by atoms with Crippen LogP contribution in [0.4, 0.5) is 0 Å². The zero-order valence-corrected chi connectivity index (χ0v) is 10.5. The van der Waals surface area contributed by atoms with Crippen LogP contribution >= 0.6 is 11.6 Å². The summed E-state index contributed by atoms with van der Waals surface area (Å²) in [4.78, 5) is 0. The fourth-order valence-corrected chi connectivity index (χ4v) is 1.61. The standard InChI is InChI=1S/C12H18ClNO2/c1-3-15-8-16-12-5-4-10(6-9(2)14)7-11(12)13/h4-5,7,9H,3,6,8,14H2,1-2H3. The van der Waals surface area contributed by atoms with E-state index in [0.29, 0.717) is 17.4 Å². The molecule has 0 heterocycles. The summed E-state index contributed by atoms with van der Waals surface area (Å²) in [7, 11) is 0. The van der Waals surface area contributed by atoms with E-state index in [2.05, 4.69) is 0 Å². The molecule has 0 radical (unpaired) electrons. The van der Waals surface area contributed by atoms with E-state index in [-0.39, 0.29) is 12.8 Å². The van der Waals surface area contributed by atoms with E-state index in [1.54, 1.807) is 0 Å². The van der Waals surface area contributed by atoms with Gasteiger partial charge in [0.2, 0.25) is 0 Å². The second kappa shape index (κ2) is 6.74.